The van der Waals surface area contributed by atoms with Crippen molar-refractivity contribution in [3.8, 4) is 11.5 Å². The van der Waals surface area contributed by atoms with Gasteiger partial charge in [0.15, 0.2) is 11.6 Å². The maximum atomic E-state index is 15.5. The second-order valence-corrected chi connectivity index (χ2v) is 21.5. The highest BCUT2D eigenvalue weighted by molar-refractivity contribution is 9.10. The number of halogens is 3. The summed E-state index contributed by atoms with van der Waals surface area (Å²) in [7, 11) is -4.39. The molecule has 5 aromatic rings. The lowest BCUT2D eigenvalue weighted by atomic mass is 9.72. The fraction of sp³-hybridized carbons (Fsp3) is 0.429. The highest BCUT2D eigenvalue weighted by Gasteiger charge is 2.31. The van der Waals surface area contributed by atoms with Crippen molar-refractivity contribution in [3.63, 3.8) is 0 Å². The van der Waals surface area contributed by atoms with Crippen LogP contribution in [0.4, 0.5) is 15.9 Å². The molecule has 0 atom stereocenters. The molecule has 0 bridgehead atoms. The molecule has 1 amide bonds. The first kappa shape index (κ1) is 45.6. The highest BCUT2D eigenvalue weighted by Crippen LogP contribution is 2.44. The number of aromatic amines is 1. The van der Waals surface area contributed by atoms with E-state index >= 15 is 4.39 Å². The summed E-state index contributed by atoms with van der Waals surface area (Å²) >= 11 is 9.77. The number of aromatic nitrogens is 2. The van der Waals surface area contributed by atoms with E-state index in [0.717, 1.165) is 107 Å². The normalized spacial score (nSPS) is 21.1. The number of pyridine rings is 1. The van der Waals surface area contributed by atoms with Gasteiger partial charge in [-0.25, -0.2) is 22.5 Å². The van der Waals surface area contributed by atoms with E-state index in [1.54, 1.807) is 30.5 Å². The van der Waals surface area contributed by atoms with Crippen LogP contribution in [0.1, 0.15) is 74.7 Å². The molecular weight excluding hydrogens is 933 g/mol. The number of allylic oxidation sites excluding steroid dienone is 1. The van der Waals surface area contributed by atoms with Crippen LogP contribution in [0, 0.1) is 11.2 Å². The lowest BCUT2D eigenvalue weighted by Gasteiger charge is -2.39. The number of benzene rings is 3. The molecule has 2 saturated heterocycles. The molecule has 0 radical (unpaired) electrons. The Bertz CT molecular complexity index is 2670. The molecule has 12 nitrogen and oxygen atoms in total. The zero-order valence-electron chi connectivity index (χ0n) is 36.8. The molecule has 2 aromatic heterocycles. The van der Waals surface area contributed by atoms with Gasteiger partial charge in [0.2, 0.25) is 0 Å². The Morgan fingerprint density at radius 2 is 1.72 bits per heavy atom. The number of piperazine rings is 1. The van der Waals surface area contributed by atoms with Gasteiger partial charge in [0.1, 0.15) is 16.5 Å². The lowest BCUT2D eigenvalue weighted by Crippen LogP contribution is -2.47. The minimum Gasteiger partial charge on any atom is -0.453 e. The number of hydrogen-bond donors (Lipinski definition) is 3. The molecule has 16 heteroatoms. The van der Waals surface area contributed by atoms with Gasteiger partial charge in [0.05, 0.1) is 23.2 Å². The summed E-state index contributed by atoms with van der Waals surface area (Å²) in [5, 5.41) is 4.93. The minimum absolute atomic E-state index is 0.0243. The molecule has 1 saturated carbocycles. The Kier molecular flexibility index (Phi) is 13.6. The maximum Gasteiger partial charge on any atom is 0.268 e. The Morgan fingerprint density at radius 3 is 2.46 bits per heavy atom. The number of nitrogens with one attached hydrogen (secondary N) is 3. The summed E-state index contributed by atoms with van der Waals surface area (Å²) in [5.74, 6) is -1.09. The van der Waals surface area contributed by atoms with Crippen molar-refractivity contribution in [2.75, 3.05) is 69.2 Å². The third-order valence-electron chi connectivity index (χ3n) is 13.5. The molecule has 3 aromatic carbocycles. The second kappa shape index (κ2) is 19.4. The number of ether oxygens (including phenoxy) is 2. The van der Waals surface area contributed by atoms with Crippen LogP contribution in [-0.2, 0) is 14.8 Å². The molecule has 0 spiro atoms. The summed E-state index contributed by atoms with van der Waals surface area (Å²) in [5.41, 5.74) is 5.63. The van der Waals surface area contributed by atoms with Crippen LogP contribution in [0.2, 0.25) is 5.02 Å². The zero-order valence-corrected chi connectivity index (χ0v) is 40.0. The number of carbonyl (C=O) groups excluding carboxylic acids is 1. The van der Waals surface area contributed by atoms with Crippen molar-refractivity contribution < 1.29 is 27.1 Å². The number of amides is 1. The molecule has 65 heavy (non-hydrogen) atoms. The van der Waals surface area contributed by atoms with Gasteiger partial charge in [0, 0.05) is 104 Å². The molecule has 2 aliphatic heterocycles. The number of morpholine rings is 1. The summed E-state index contributed by atoms with van der Waals surface area (Å²) in [6.07, 6.45) is 10.2. The van der Waals surface area contributed by atoms with Crippen molar-refractivity contribution in [3.05, 3.63) is 111 Å². The molecule has 4 heterocycles. The number of sulfonamides is 1. The standard InChI is InChI=1S/C49H56BrClFN7O5S/c1-49(2)15-13-34(41(29-49)32-3-5-35(51)6-4-32)31-57-17-19-58(20-18-57)38-11-12-40(45(26-38)64-46-25-33-14-16-53-44(33)28-43(46)52)48(60)56-65(61,62)39-27-42(50)47(54-30-39)55-36-7-9-37(10-8-36)59-21-23-63-24-22-59/h3-6,11-12,14,16,25-28,30,36-37,53H,7-10,13,15,17-24,29,31H2,1-2H3,(H,54,55)(H,56,60)/t36-,37-. The van der Waals surface area contributed by atoms with Crippen LogP contribution < -0.4 is 19.7 Å². The summed E-state index contributed by atoms with van der Waals surface area (Å²) in [4.78, 5) is 28.5. The number of H-pyrrole nitrogens is 1. The Balaban J connectivity index is 0.897. The molecular formula is C49H56BrClFN7O5S. The van der Waals surface area contributed by atoms with E-state index in [9.17, 15) is 13.2 Å². The van der Waals surface area contributed by atoms with Gasteiger partial charge in [-0.2, -0.15) is 0 Å². The van der Waals surface area contributed by atoms with Gasteiger partial charge in [-0.05, 0) is 120 Å². The molecule has 9 rings (SSSR count). The average molecular weight is 989 g/mol. The predicted molar refractivity (Wildman–Crippen MR) is 258 cm³/mol. The van der Waals surface area contributed by atoms with E-state index in [4.69, 9.17) is 21.1 Å². The summed E-state index contributed by atoms with van der Waals surface area (Å²) < 4.78 is 57.5. The molecule has 4 aliphatic rings. The van der Waals surface area contributed by atoms with Gasteiger partial charge in [-0.1, -0.05) is 43.2 Å². The Labute approximate surface area is 394 Å². The molecule has 3 fully saturated rings. The van der Waals surface area contributed by atoms with Crippen molar-refractivity contribution >= 4 is 71.4 Å². The fourth-order valence-corrected chi connectivity index (χ4v) is 11.4. The van der Waals surface area contributed by atoms with Gasteiger partial charge in [-0.15, -0.1) is 0 Å². The Hall–Kier alpha value is -4.51. The summed E-state index contributed by atoms with van der Waals surface area (Å²) in [6, 6.07) is 20.1. The van der Waals surface area contributed by atoms with E-state index in [1.807, 2.05) is 12.1 Å². The lowest BCUT2D eigenvalue weighted by molar-refractivity contribution is 0.00790. The number of hydrogen-bond acceptors (Lipinski definition) is 10. The summed E-state index contributed by atoms with van der Waals surface area (Å²) in [6.45, 7) is 12.1. The Morgan fingerprint density at radius 1 is 0.969 bits per heavy atom. The van der Waals surface area contributed by atoms with E-state index in [-0.39, 0.29) is 33.4 Å². The van der Waals surface area contributed by atoms with Gasteiger partial charge < -0.3 is 24.7 Å². The monoisotopic (exact) mass is 987 g/mol. The van der Waals surface area contributed by atoms with Crippen molar-refractivity contribution in [1.82, 2.24) is 24.5 Å². The highest BCUT2D eigenvalue weighted by atomic mass is 79.9. The van der Waals surface area contributed by atoms with Crippen LogP contribution in [-0.4, -0.2) is 105 Å². The first-order chi connectivity index (χ1) is 31.3. The van der Waals surface area contributed by atoms with Crippen LogP contribution in [0.25, 0.3) is 16.5 Å². The van der Waals surface area contributed by atoms with Crippen LogP contribution in [0.3, 0.4) is 0 Å². The molecule has 0 unspecified atom stereocenters. The fourth-order valence-electron chi connectivity index (χ4n) is 9.76. The minimum atomic E-state index is -4.39. The molecule has 344 valence electrons. The molecule has 2 aliphatic carbocycles. The van der Waals surface area contributed by atoms with Crippen molar-refractivity contribution in [2.24, 2.45) is 5.41 Å². The first-order valence-corrected chi connectivity index (χ1v) is 25.3. The quantitative estimate of drug-likeness (QED) is 0.111. The third-order valence-corrected chi connectivity index (χ3v) is 15.7. The van der Waals surface area contributed by atoms with E-state index in [2.05, 4.69) is 76.6 Å². The van der Waals surface area contributed by atoms with Crippen LogP contribution >= 0.6 is 27.5 Å². The molecule has 3 N–H and O–H groups in total. The number of carbonyl (C=O) groups is 1. The van der Waals surface area contributed by atoms with Gasteiger partial charge in [0.25, 0.3) is 15.9 Å². The maximum absolute atomic E-state index is 15.5. The average Bonchev–Trinajstić information content (AvgIpc) is 3.75. The van der Waals surface area contributed by atoms with Gasteiger partial charge in [-0.3, -0.25) is 14.6 Å². The van der Waals surface area contributed by atoms with Crippen LogP contribution in [0.5, 0.6) is 11.5 Å². The number of fused-ring (bicyclic) bond motifs is 1. The number of rotatable bonds is 12. The van der Waals surface area contributed by atoms with E-state index in [1.165, 1.54) is 41.1 Å². The second-order valence-electron chi connectivity index (χ2n) is 18.6. The third kappa shape index (κ3) is 10.7. The van der Waals surface area contributed by atoms with E-state index < -0.39 is 21.7 Å². The first-order valence-electron chi connectivity index (χ1n) is 22.6. The zero-order chi connectivity index (χ0) is 45.3. The van der Waals surface area contributed by atoms with Crippen molar-refractivity contribution in [1.29, 1.82) is 0 Å². The van der Waals surface area contributed by atoms with Crippen molar-refractivity contribution in [2.45, 2.75) is 75.8 Å². The smallest absolute Gasteiger partial charge is 0.268 e. The van der Waals surface area contributed by atoms with Crippen LogP contribution in [0.15, 0.2) is 94.1 Å². The largest absolute Gasteiger partial charge is 0.453 e. The van der Waals surface area contributed by atoms with E-state index in [0.29, 0.717) is 34.9 Å². The predicted octanol–water partition coefficient (Wildman–Crippen LogP) is 9.87. The number of anilines is 2. The SMILES string of the molecule is CC1(C)CCC(CN2CCN(c3ccc(C(=O)NS(=O)(=O)c4cnc(N[C@H]5CC[C@H](N6CCOCC6)CC5)c(Br)c4)c(Oc4cc5cc[nH]c5cc4F)c3)CC2)=C(c2ccc(Cl)cc2)C1. The van der Waals surface area contributed by atoms with Gasteiger partial charge >= 0.3 is 0 Å². The number of nitrogens with zero attached hydrogens (tertiary/aromatic N) is 4. The topological polar surface area (TPSA) is 132 Å².